The number of rotatable bonds is 7. The SMILES string of the molecule is COc1ccc(CCC(=O)Nc2cccc3c(=O)n(C(O)C4CCCCC4)ccc23)cc1. The largest absolute Gasteiger partial charge is 0.497 e. The van der Waals surface area contributed by atoms with Crippen LogP contribution in [0.15, 0.2) is 59.5 Å². The van der Waals surface area contributed by atoms with Crippen molar-refractivity contribution in [2.24, 2.45) is 5.92 Å². The summed E-state index contributed by atoms with van der Waals surface area (Å²) in [6, 6.07) is 14.8. The number of amides is 1. The van der Waals surface area contributed by atoms with Crippen LogP contribution in [0.25, 0.3) is 10.8 Å². The number of hydrogen-bond acceptors (Lipinski definition) is 4. The molecule has 6 nitrogen and oxygen atoms in total. The van der Waals surface area contributed by atoms with E-state index in [1.807, 2.05) is 30.3 Å². The number of methoxy groups -OCH3 is 1. The highest BCUT2D eigenvalue weighted by Gasteiger charge is 2.24. The predicted molar refractivity (Wildman–Crippen MR) is 126 cm³/mol. The van der Waals surface area contributed by atoms with Gasteiger partial charge >= 0.3 is 0 Å². The van der Waals surface area contributed by atoms with Crippen LogP contribution >= 0.6 is 0 Å². The molecule has 168 valence electrons. The van der Waals surface area contributed by atoms with E-state index < -0.39 is 6.23 Å². The lowest BCUT2D eigenvalue weighted by Gasteiger charge is -2.28. The summed E-state index contributed by atoms with van der Waals surface area (Å²) in [5.74, 6) is 0.785. The number of aliphatic hydroxyl groups excluding tert-OH is 1. The van der Waals surface area contributed by atoms with Crippen LogP contribution in [0, 0.1) is 5.92 Å². The molecule has 1 aliphatic rings. The number of pyridine rings is 1. The van der Waals surface area contributed by atoms with Crippen molar-refractivity contribution in [1.29, 1.82) is 0 Å². The zero-order chi connectivity index (χ0) is 22.5. The quantitative estimate of drug-likeness (QED) is 0.567. The van der Waals surface area contributed by atoms with Crippen molar-refractivity contribution >= 4 is 22.4 Å². The molecule has 2 N–H and O–H groups in total. The Labute approximate surface area is 187 Å². The number of nitrogens with zero attached hydrogens (tertiary/aromatic N) is 1. The zero-order valence-corrected chi connectivity index (χ0v) is 18.4. The zero-order valence-electron chi connectivity index (χ0n) is 18.4. The summed E-state index contributed by atoms with van der Waals surface area (Å²) in [6.07, 6.45) is 7.05. The van der Waals surface area contributed by atoms with E-state index in [2.05, 4.69) is 5.32 Å². The number of ether oxygens (including phenoxy) is 1. The normalized spacial score (nSPS) is 15.4. The fraction of sp³-hybridized carbons (Fsp3) is 0.385. The highest BCUT2D eigenvalue weighted by molar-refractivity contribution is 6.01. The fourth-order valence-electron chi connectivity index (χ4n) is 4.53. The lowest BCUT2D eigenvalue weighted by atomic mass is 9.88. The number of hydrogen-bond donors (Lipinski definition) is 2. The molecule has 1 fully saturated rings. The topological polar surface area (TPSA) is 80.6 Å². The molecular formula is C26H30N2O4. The summed E-state index contributed by atoms with van der Waals surface area (Å²) >= 11 is 0. The Kier molecular flexibility index (Phi) is 6.90. The van der Waals surface area contributed by atoms with Crippen molar-refractivity contribution < 1.29 is 14.6 Å². The molecule has 0 bridgehead atoms. The van der Waals surface area contributed by atoms with Gasteiger partial charge in [0.15, 0.2) is 0 Å². The first-order valence-electron chi connectivity index (χ1n) is 11.3. The standard InChI is InChI=1S/C26H30N2O4/c1-32-20-13-10-18(11-14-20)12-15-24(29)27-23-9-5-8-22-21(23)16-17-28(26(22)31)25(30)19-6-3-2-4-7-19/h5,8-11,13-14,16-17,19,25,30H,2-4,6-7,12,15H2,1H3,(H,27,29). The van der Waals surface area contributed by atoms with Gasteiger partial charge < -0.3 is 15.2 Å². The molecular weight excluding hydrogens is 404 g/mol. The second-order valence-electron chi connectivity index (χ2n) is 8.50. The minimum atomic E-state index is -0.810. The molecule has 1 amide bonds. The highest BCUT2D eigenvalue weighted by atomic mass is 16.5. The third-order valence-corrected chi connectivity index (χ3v) is 6.40. The third kappa shape index (κ3) is 4.86. The maximum atomic E-state index is 13.1. The summed E-state index contributed by atoms with van der Waals surface area (Å²) in [4.78, 5) is 25.7. The Balaban J connectivity index is 1.48. The van der Waals surface area contributed by atoms with Gasteiger partial charge in [0.1, 0.15) is 12.0 Å². The molecule has 1 atom stereocenters. The fourth-order valence-corrected chi connectivity index (χ4v) is 4.53. The maximum absolute atomic E-state index is 13.1. The van der Waals surface area contributed by atoms with Gasteiger partial charge in [-0.1, -0.05) is 37.5 Å². The van der Waals surface area contributed by atoms with E-state index in [4.69, 9.17) is 4.74 Å². The Morgan fingerprint density at radius 3 is 2.56 bits per heavy atom. The van der Waals surface area contributed by atoms with Gasteiger partial charge in [0.25, 0.3) is 5.56 Å². The smallest absolute Gasteiger partial charge is 0.260 e. The average molecular weight is 435 g/mol. The van der Waals surface area contributed by atoms with Gasteiger partial charge in [-0.2, -0.15) is 0 Å². The highest BCUT2D eigenvalue weighted by Crippen LogP contribution is 2.31. The van der Waals surface area contributed by atoms with Crippen molar-refractivity contribution in [2.45, 2.75) is 51.2 Å². The van der Waals surface area contributed by atoms with Crippen molar-refractivity contribution in [3.63, 3.8) is 0 Å². The van der Waals surface area contributed by atoms with Crippen LogP contribution in [-0.2, 0) is 11.2 Å². The van der Waals surface area contributed by atoms with Crippen molar-refractivity contribution in [2.75, 3.05) is 12.4 Å². The van der Waals surface area contributed by atoms with Crippen LogP contribution in [0.3, 0.4) is 0 Å². The van der Waals surface area contributed by atoms with Crippen LogP contribution in [0.5, 0.6) is 5.75 Å². The second kappa shape index (κ2) is 10.0. The van der Waals surface area contributed by atoms with Gasteiger partial charge in [0, 0.05) is 35.0 Å². The first kappa shape index (κ1) is 22.1. The van der Waals surface area contributed by atoms with E-state index >= 15 is 0 Å². The molecule has 1 heterocycles. The number of carbonyl (C=O) groups excluding carboxylic acids is 1. The molecule has 1 aliphatic carbocycles. The summed E-state index contributed by atoms with van der Waals surface area (Å²) < 4.78 is 6.60. The van der Waals surface area contributed by atoms with Gasteiger partial charge in [-0.05, 0) is 55.2 Å². The van der Waals surface area contributed by atoms with Gasteiger partial charge in [0.2, 0.25) is 5.91 Å². The number of aromatic nitrogens is 1. The number of aryl methyl sites for hydroxylation is 1. The lowest BCUT2D eigenvalue weighted by molar-refractivity contribution is -0.116. The molecule has 3 aromatic rings. The number of anilines is 1. The van der Waals surface area contributed by atoms with Crippen LogP contribution in [-0.4, -0.2) is 22.7 Å². The first-order valence-corrected chi connectivity index (χ1v) is 11.3. The van der Waals surface area contributed by atoms with Crippen LogP contribution in [0.1, 0.15) is 50.3 Å². The second-order valence-corrected chi connectivity index (χ2v) is 8.50. The molecule has 4 rings (SSSR count). The molecule has 1 unspecified atom stereocenters. The number of aliphatic hydroxyl groups is 1. The number of carbonyl (C=O) groups is 1. The average Bonchev–Trinajstić information content (AvgIpc) is 2.84. The summed E-state index contributed by atoms with van der Waals surface area (Å²) in [7, 11) is 1.62. The van der Waals surface area contributed by atoms with Gasteiger partial charge in [-0.15, -0.1) is 0 Å². The van der Waals surface area contributed by atoms with E-state index in [1.54, 1.807) is 31.5 Å². The van der Waals surface area contributed by atoms with E-state index in [-0.39, 0.29) is 17.4 Å². The van der Waals surface area contributed by atoms with Crippen LogP contribution < -0.4 is 15.6 Å². The molecule has 6 heteroatoms. The van der Waals surface area contributed by atoms with Crippen molar-refractivity contribution in [3.8, 4) is 5.75 Å². The molecule has 32 heavy (non-hydrogen) atoms. The summed E-state index contributed by atoms with van der Waals surface area (Å²) in [5, 5.41) is 14.9. The molecule has 2 aromatic carbocycles. The maximum Gasteiger partial charge on any atom is 0.260 e. The van der Waals surface area contributed by atoms with E-state index in [1.165, 1.54) is 11.0 Å². The number of fused-ring (bicyclic) bond motifs is 1. The monoisotopic (exact) mass is 434 g/mol. The number of nitrogens with one attached hydrogen (secondary N) is 1. The molecule has 0 saturated heterocycles. The summed E-state index contributed by atoms with van der Waals surface area (Å²) in [5.41, 5.74) is 1.44. The summed E-state index contributed by atoms with van der Waals surface area (Å²) in [6.45, 7) is 0. The van der Waals surface area contributed by atoms with Crippen molar-refractivity contribution in [3.05, 3.63) is 70.6 Å². The molecule has 1 saturated carbocycles. The van der Waals surface area contributed by atoms with E-state index in [9.17, 15) is 14.7 Å². The van der Waals surface area contributed by atoms with E-state index in [0.717, 1.165) is 37.0 Å². The Morgan fingerprint density at radius 1 is 1.09 bits per heavy atom. The van der Waals surface area contributed by atoms with E-state index in [0.29, 0.717) is 29.3 Å². The van der Waals surface area contributed by atoms with Crippen molar-refractivity contribution in [1.82, 2.24) is 4.57 Å². The first-order chi connectivity index (χ1) is 15.6. The lowest BCUT2D eigenvalue weighted by Crippen LogP contribution is -2.30. The Morgan fingerprint density at radius 2 is 1.84 bits per heavy atom. The van der Waals surface area contributed by atoms with Gasteiger partial charge in [-0.3, -0.25) is 14.2 Å². The minimum absolute atomic E-state index is 0.111. The number of benzene rings is 2. The Hall–Kier alpha value is -3.12. The Bertz CT molecular complexity index is 1130. The van der Waals surface area contributed by atoms with Crippen LogP contribution in [0.2, 0.25) is 0 Å². The molecule has 0 aliphatic heterocycles. The van der Waals surface area contributed by atoms with Crippen LogP contribution in [0.4, 0.5) is 5.69 Å². The van der Waals surface area contributed by atoms with Gasteiger partial charge in [0.05, 0.1) is 7.11 Å². The molecule has 1 aromatic heterocycles. The third-order valence-electron chi connectivity index (χ3n) is 6.40. The predicted octanol–water partition coefficient (Wildman–Crippen LogP) is 4.65. The van der Waals surface area contributed by atoms with Gasteiger partial charge in [-0.25, -0.2) is 0 Å². The minimum Gasteiger partial charge on any atom is -0.497 e. The molecule has 0 radical (unpaired) electrons. The molecule has 0 spiro atoms.